The van der Waals surface area contributed by atoms with E-state index in [9.17, 15) is 13.2 Å². The van der Waals surface area contributed by atoms with Gasteiger partial charge >= 0.3 is 0 Å². The Morgan fingerprint density at radius 2 is 1.78 bits per heavy atom. The van der Waals surface area contributed by atoms with Crippen LogP contribution in [0.5, 0.6) is 5.75 Å². The molecular formula is C24H31ClN2O4S. The number of nitrogens with zero attached hydrogens (tertiary/aromatic N) is 1. The van der Waals surface area contributed by atoms with Crippen LogP contribution in [-0.2, 0) is 14.8 Å². The molecule has 0 aromatic heterocycles. The summed E-state index contributed by atoms with van der Waals surface area (Å²) in [5.41, 5.74) is 0.939. The lowest BCUT2D eigenvalue weighted by molar-refractivity contribution is -0.123. The lowest BCUT2D eigenvalue weighted by atomic mass is 9.83. The van der Waals surface area contributed by atoms with E-state index < -0.39 is 16.1 Å². The Labute approximate surface area is 196 Å². The minimum absolute atomic E-state index is 0.270. The van der Waals surface area contributed by atoms with Crippen LogP contribution in [0.4, 0.5) is 5.69 Å². The second-order valence-electron chi connectivity index (χ2n) is 8.25. The highest BCUT2D eigenvalue weighted by molar-refractivity contribution is 7.92. The fourth-order valence-electron chi connectivity index (χ4n) is 4.35. The summed E-state index contributed by atoms with van der Waals surface area (Å²) in [5, 5.41) is 3.63. The molecule has 0 unspecified atom stereocenters. The SMILES string of the molecule is CC[C@@H](C(=O)N[C@H]1CC(CC)(CC)Oc2ccccc21)N(c1ccc(Cl)cc1)S(C)(=O)=O. The van der Waals surface area contributed by atoms with Gasteiger partial charge in [-0.1, -0.05) is 50.6 Å². The number of carbonyl (C=O) groups excluding carboxylic acids is 1. The quantitative estimate of drug-likeness (QED) is 0.573. The van der Waals surface area contributed by atoms with Gasteiger partial charge in [0.05, 0.1) is 18.0 Å². The van der Waals surface area contributed by atoms with Gasteiger partial charge in [-0.3, -0.25) is 9.10 Å². The number of fused-ring (bicyclic) bond motifs is 1. The molecule has 1 N–H and O–H groups in total. The molecule has 1 aliphatic rings. The third-order valence-electron chi connectivity index (χ3n) is 6.21. The summed E-state index contributed by atoms with van der Waals surface area (Å²) in [5.74, 6) is 0.425. The number of benzene rings is 2. The fraction of sp³-hybridized carbons (Fsp3) is 0.458. The zero-order valence-electron chi connectivity index (χ0n) is 19.0. The van der Waals surface area contributed by atoms with E-state index in [-0.39, 0.29) is 17.6 Å². The summed E-state index contributed by atoms with van der Waals surface area (Å²) in [6.45, 7) is 5.97. The molecule has 0 aliphatic carbocycles. The predicted octanol–water partition coefficient (Wildman–Crippen LogP) is 5.08. The van der Waals surface area contributed by atoms with Gasteiger partial charge in [0.1, 0.15) is 17.4 Å². The molecule has 0 saturated heterocycles. The number of halogens is 1. The molecule has 1 amide bonds. The molecule has 174 valence electrons. The Balaban J connectivity index is 1.95. The van der Waals surface area contributed by atoms with Crippen LogP contribution in [0.1, 0.15) is 58.1 Å². The van der Waals surface area contributed by atoms with Gasteiger partial charge in [-0.2, -0.15) is 0 Å². The minimum Gasteiger partial charge on any atom is -0.487 e. The van der Waals surface area contributed by atoms with E-state index in [0.717, 1.165) is 30.4 Å². The van der Waals surface area contributed by atoms with Crippen LogP contribution in [0.2, 0.25) is 5.02 Å². The van der Waals surface area contributed by atoms with Crippen molar-refractivity contribution in [3.05, 3.63) is 59.1 Å². The maximum Gasteiger partial charge on any atom is 0.244 e. The molecule has 3 rings (SSSR count). The van der Waals surface area contributed by atoms with Crippen LogP contribution in [0, 0.1) is 0 Å². The first-order chi connectivity index (χ1) is 15.1. The number of amides is 1. The zero-order chi connectivity index (χ0) is 23.5. The average Bonchev–Trinajstić information content (AvgIpc) is 2.77. The van der Waals surface area contributed by atoms with Crippen molar-refractivity contribution in [2.75, 3.05) is 10.6 Å². The minimum atomic E-state index is -3.72. The van der Waals surface area contributed by atoms with E-state index in [1.807, 2.05) is 24.3 Å². The number of anilines is 1. The Hall–Kier alpha value is -2.25. The van der Waals surface area contributed by atoms with Crippen LogP contribution >= 0.6 is 11.6 Å². The van der Waals surface area contributed by atoms with Crippen LogP contribution in [0.3, 0.4) is 0 Å². The third kappa shape index (κ3) is 5.04. The molecule has 0 radical (unpaired) electrons. The van der Waals surface area contributed by atoms with Crippen LogP contribution in [-0.4, -0.2) is 32.2 Å². The summed E-state index contributed by atoms with van der Waals surface area (Å²) in [6, 6.07) is 13.0. The molecule has 1 heterocycles. The van der Waals surface area contributed by atoms with Gasteiger partial charge in [-0.05, 0) is 49.6 Å². The van der Waals surface area contributed by atoms with E-state index in [1.54, 1.807) is 31.2 Å². The van der Waals surface area contributed by atoms with Crippen molar-refractivity contribution in [3.8, 4) is 5.75 Å². The van der Waals surface area contributed by atoms with E-state index in [0.29, 0.717) is 23.6 Å². The molecule has 2 aromatic carbocycles. The molecule has 0 bridgehead atoms. The standard InChI is InChI=1S/C24H31ClN2O4S/c1-5-21(27(32(4,29)30)18-14-12-17(25)13-15-18)23(28)26-20-16-24(6-2,7-3)31-22-11-9-8-10-19(20)22/h8-15,20-21H,5-7,16H2,1-4H3,(H,26,28)/t20-,21-/m0/s1. The first-order valence-corrected chi connectivity index (χ1v) is 13.2. The molecule has 32 heavy (non-hydrogen) atoms. The monoisotopic (exact) mass is 478 g/mol. The topological polar surface area (TPSA) is 75.7 Å². The molecule has 6 nitrogen and oxygen atoms in total. The molecule has 8 heteroatoms. The van der Waals surface area contributed by atoms with Crippen molar-refractivity contribution in [3.63, 3.8) is 0 Å². The number of nitrogens with one attached hydrogen (secondary N) is 1. The van der Waals surface area contributed by atoms with Gasteiger partial charge in [0.2, 0.25) is 15.9 Å². The van der Waals surface area contributed by atoms with Crippen molar-refractivity contribution in [2.24, 2.45) is 0 Å². The maximum absolute atomic E-state index is 13.5. The first kappa shape index (κ1) is 24.4. The highest BCUT2D eigenvalue weighted by Crippen LogP contribution is 2.42. The number of ether oxygens (including phenoxy) is 1. The van der Waals surface area contributed by atoms with Crippen LogP contribution < -0.4 is 14.4 Å². The molecule has 0 fully saturated rings. The van der Waals surface area contributed by atoms with Crippen molar-refractivity contribution in [1.29, 1.82) is 0 Å². The molecule has 0 saturated carbocycles. The number of hydrogen-bond donors (Lipinski definition) is 1. The lowest BCUT2D eigenvalue weighted by Gasteiger charge is -2.42. The molecule has 0 spiro atoms. The van der Waals surface area contributed by atoms with Gasteiger partial charge in [-0.25, -0.2) is 8.42 Å². The van der Waals surface area contributed by atoms with Gasteiger partial charge in [-0.15, -0.1) is 0 Å². The Bertz CT molecular complexity index is 1050. The van der Waals surface area contributed by atoms with Crippen molar-refractivity contribution < 1.29 is 17.9 Å². The van der Waals surface area contributed by atoms with E-state index in [2.05, 4.69) is 19.2 Å². The Kier molecular flexibility index (Phi) is 7.40. The molecule has 1 aliphatic heterocycles. The summed E-state index contributed by atoms with van der Waals surface area (Å²) < 4.78 is 32.9. The number of para-hydroxylation sites is 1. The van der Waals surface area contributed by atoms with Crippen LogP contribution in [0.25, 0.3) is 0 Å². The highest BCUT2D eigenvalue weighted by Gasteiger charge is 2.40. The summed E-state index contributed by atoms with van der Waals surface area (Å²) in [6.07, 6.45) is 3.67. The largest absolute Gasteiger partial charge is 0.487 e. The van der Waals surface area contributed by atoms with Gasteiger partial charge < -0.3 is 10.1 Å². The number of hydrogen-bond acceptors (Lipinski definition) is 4. The van der Waals surface area contributed by atoms with Crippen molar-refractivity contribution in [2.45, 2.75) is 64.1 Å². The smallest absolute Gasteiger partial charge is 0.244 e. The average molecular weight is 479 g/mol. The second kappa shape index (κ2) is 9.71. The summed E-state index contributed by atoms with van der Waals surface area (Å²) in [7, 11) is -3.72. The third-order valence-corrected chi connectivity index (χ3v) is 7.64. The van der Waals surface area contributed by atoms with E-state index in [4.69, 9.17) is 16.3 Å². The van der Waals surface area contributed by atoms with Gasteiger partial charge in [0.15, 0.2) is 0 Å². The molecular weight excluding hydrogens is 448 g/mol. The van der Waals surface area contributed by atoms with Crippen molar-refractivity contribution in [1.82, 2.24) is 5.32 Å². The number of sulfonamides is 1. The molecule has 2 atom stereocenters. The zero-order valence-corrected chi connectivity index (χ0v) is 20.5. The maximum atomic E-state index is 13.5. The number of carbonyl (C=O) groups is 1. The van der Waals surface area contributed by atoms with Crippen LogP contribution in [0.15, 0.2) is 48.5 Å². The van der Waals surface area contributed by atoms with Crippen molar-refractivity contribution >= 4 is 33.2 Å². The highest BCUT2D eigenvalue weighted by atomic mass is 35.5. The normalized spacial score (nSPS) is 18.2. The predicted molar refractivity (Wildman–Crippen MR) is 129 cm³/mol. The van der Waals surface area contributed by atoms with Gasteiger partial charge in [0.25, 0.3) is 0 Å². The Morgan fingerprint density at radius 1 is 1.16 bits per heavy atom. The van der Waals surface area contributed by atoms with Gasteiger partial charge in [0, 0.05) is 17.0 Å². The second-order valence-corrected chi connectivity index (χ2v) is 10.6. The number of rotatable bonds is 8. The summed E-state index contributed by atoms with van der Waals surface area (Å²) in [4.78, 5) is 13.5. The lowest BCUT2D eigenvalue weighted by Crippen LogP contribution is -2.52. The first-order valence-electron chi connectivity index (χ1n) is 11.0. The Morgan fingerprint density at radius 3 is 2.34 bits per heavy atom. The van der Waals surface area contributed by atoms with E-state index in [1.165, 1.54) is 4.31 Å². The van der Waals surface area contributed by atoms with E-state index >= 15 is 0 Å². The molecule has 2 aromatic rings. The summed E-state index contributed by atoms with van der Waals surface area (Å²) >= 11 is 5.98. The fourth-order valence-corrected chi connectivity index (χ4v) is 5.68.